The van der Waals surface area contributed by atoms with Gasteiger partial charge in [-0.3, -0.25) is 19.3 Å². The highest BCUT2D eigenvalue weighted by Crippen LogP contribution is 2.45. The minimum Gasteiger partial charge on any atom is -0.461 e. The van der Waals surface area contributed by atoms with Gasteiger partial charge in [0.15, 0.2) is 0 Å². The maximum absolute atomic E-state index is 12.7. The van der Waals surface area contributed by atoms with Crippen LogP contribution in [0, 0.1) is 17.8 Å². The Morgan fingerprint density at radius 1 is 1.00 bits per heavy atom. The normalized spacial score (nSPS) is 24.3. The van der Waals surface area contributed by atoms with Crippen LogP contribution in [0.2, 0.25) is 20.1 Å². The van der Waals surface area contributed by atoms with Crippen molar-refractivity contribution in [1.82, 2.24) is 4.90 Å². The monoisotopic (exact) mass is 479 g/mol. The van der Waals surface area contributed by atoms with Crippen LogP contribution in [0.5, 0.6) is 0 Å². The number of nitrogens with zero attached hydrogens (tertiary/aromatic N) is 1. The number of rotatable bonds is 4. The van der Waals surface area contributed by atoms with Crippen molar-refractivity contribution >= 4 is 64.2 Å². The Balaban J connectivity index is 1.79. The number of fused-ring (bicyclic) bond motifs is 1. The summed E-state index contributed by atoms with van der Waals surface area (Å²) in [6, 6.07) is 0. The van der Waals surface area contributed by atoms with E-state index >= 15 is 0 Å². The zero-order valence-electron chi connectivity index (χ0n) is 16.2. The quantitative estimate of drug-likeness (QED) is 0.233. The van der Waals surface area contributed by atoms with Gasteiger partial charge in [-0.05, 0) is 30.6 Å². The molecule has 1 fully saturated rings. The molecule has 1 aromatic carbocycles. The summed E-state index contributed by atoms with van der Waals surface area (Å²) in [6.45, 7) is 5.80. The molecule has 0 N–H and O–H groups in total. The summed E-state index contributed by atoms with van der Waals surface area (Å²) >= 11 is 24.2. The van der Waals surface area contributed by atoms with E-state index < -0.39 is 24.3 Å². The number of amides is 2. The number of halogens is 4. The van der Waals surface area contributed by atoms with Gasteiger partial charge in [0.2, 0.25) is 0 Å². The largest absolute Gasteiger partial charge is 0.461 e. The standard InChI is InChI=1S/C20H21Cl4NO4/c1-8(2)10-5-4-9(3)6-11(10)29-12(26)7-25-19(27)13-14(20(25)28)16(22)18(24)17(23)15(13)21/h8-11H,4-7H2,1-3H3. The lowest BCUT2D eigenvalue weighted by Gasteiger charge is -2.36. The Hall–Kier alpha value is -1.01. The number of hydrogen-bond donors (Lipinski definition) is 0. The van der Waals surface area contributed by atoms with E-state index in [0.29, 0.717) is 11.8 Å². The lowest BCUT2D eigenvalue weighted by molar-refractivity contribution is -0.156. The fourth-order valence-electron chi connectivity index (χ4n) is 4.12. The van der Waals surface area contributed by atoms with Crippen molar-refractivity contribution in [1.29, 1.82) is 0 Å². The highest BCUT2D eigenvalue weighted by atomic mass is 35.5. The highest BCUT2D eigenvalue weighted by Gasteiger charge is 2.43. The summed E-state index contributed by atoms with van der Waals surface area (Å²) < 4.78 is 5.70. The van der Waals surface area contributed by atoms with Crippen LogP contribution in [0.1, 0.15) is 60.7 Å². The lowest BCUT2D eigenvalue weighted by atomic mass is 9.75. The van der Waals surface area contributed by atoms with Crippen molar-refractivity contribution in [3.63, 3.8) is 0 Å². The van der Waals surface area contributed by atoms with E-state index in [4.69, 9.17) is 51.1 Å². The molecule has 158 valence electrons. The van der Waals surface area contributed by atoms with Gasteiger partial charge in [0, 0.05) is 0 Å². The molecule has 0 aromatic heterocycles. The van der Waals surface area contributed by atoms with Gasteiger partial charge >= 0.3 is 5.97 Å². The first-order chi connectivity index (χ1) is 13.5. The molecule has 3 rings (SSSR count). The molecule has 1 aromatic rings. The van der Waals surface area contributed by atoms with Crippen LogP contribution >= 0.6 is 46.4 Å². The van der Waals surface area contributed by atoms with E-state index in [-0.39, 0.29) is 43.2 Å². The Labute approximate surface area is 189 Å². The van der Waals surface area contributed by atoms with Crippen LogP contribution < -0.4 is 0 Å². The summed E-state index contributed by atoms with van der Waals surface area (Å²) in [5.74, 6) is -1.08. The van der Waals surface area contributed by atoms with Crippen LogP contribution in [0.4, 0.5) is 0 Å². The number of carbonyl (C=O) groups is 3. The fraction of sp³-hybridized carbons (Fsp3) is 0.550. The number of imide groups is 1. The molecular formula is C20H21Cl4NO4. The van der Waals surface area contributed by atoms with Gasteiger partial charge in [0.25, 0.3) is 11.8 Å². The van der Waals surface area contributed by atoms with Crippen molar-refractivity contribution < 1.29 is 19.1 Å². The van der Waals surface area contributed by atoms with Crippen LogP contribution in [0.15, 0.2) is 0 Å². The number of benzene rings is 1. The highest BCUT2D eigenvalue weighted by molar-refractivity contribution is 6.55. The second-order valence-electron chi connectivity index (χ2n) is 8.06. The maximum Gasteiger partial charge on any atom is 0.326 e. The predicted molar refractivity (Wildman–Crippen MR) is 113 cm³/mol. The van der Waals surface area contributed by atoms with Gasteiger partial charge in [-0.2, -0.15) is 0 Å². The first kappa shape index (κ1) is 22.7. The van der Waals surface area contributed by atoms with E-state index in [1.807, 2.05) is 0 Å². The third kappa shape index (κ3) is 4.12. The molecule has 1 aliphatic heterocycles. The maximum atomic E-state index is 12.7. The Bertz CT molecular complexity index is 839. The van der Waals surface area contributed by atoms with E-state index in [2.05, 4.69) is 20.8 Å². The first-order valence-corrected chi connectivity index (χ1v) is 11.0. The molecule has 0 spiro atoms. The molecule has 5 nitrogen and oxygen atoms in total. The first-order valence-electron chi connectivity index (χ1n) is 9.46. The van der Waals surface area contributed by atoms with E-state index in [1.165, 1.54) is 0 Å². The van der Waals surface area contributed by atoms with Crippen molar-refractivity contribution in [3.05, 3.63) is 31.2 Å². The molecule has 9 heteroatoms. The number of esters is 1. The average molecular weight is 481 g/mol. The van der Waals surface area contributed by atoms with Gasteiger partial charge in [0.05, 0.1) is 31.2 Å². The molecule has 0 radical (unpaired) electrons. The number of hydrogen-bond acceptors (Lipinski definition) is 4. The third-order valence-electron chi connectivity index (χ3n) is 5.72. The molecule has 2 amide bonds. The summed E-state index contributed by atoms with van der Waals surface area (Å²) in [5, 5.41) is -0.547. The van der Waals surface area contributed by atoms with Gasteiger partial charge in [-0.1, -0.05) is 73.6 Å². The second-order valence-corrected chi connectivity index (χ2v) is 9.57. The van der Waals surface area contributed by atoms with Gasteiger partial charge in [-0.15, -0.1) is 0 Å². The van der Waals surface area contributed by atoms with Crippen LogP contribution in [0.25, 0.3) is 0 Å². The molecule has 0 bridgehead atoms. The Morgan fingerprint density at radius 2 is 1.52 bits per heavy atom. The number of ether oxygens (including phenoxy) is 1. The molecule has 3 unspecified atom stereocenters. The van der Waals surface area contributed by atoms with Gasteiger partial charge in [-0.25, -0.2) is 0 Å². The third-order valence-corrected chi connectivity index (χ3v) is 7.52. The van der Waals surface area contributed by atoms with Crippen LogP contribution in [0.3, 0.4) is 0 Å². The lowest BCUT2D eigenvalue weighted by Crippen LogP contribution is -2.40. The minimum absolute atomic E-state index is 0.112. The molecule has 2 aliphatic rings. The topological polar surface area (TPSA) is 63.7 Å². The van der Waals surface area contributed by atoms with Crippen molar-refractivity contribution in [2.45, 2.75) is 46.1 Å². The molecule has 0 saturated heterocycles. The molecule has 1 aliphatic carbocycles. The molecule has 29 heavy (non-hydrogen) atoms. The van der Waals surface area contributed by atoms with Crippen LogP contribution in [-0.2, 0) is 9.53 Å². The summed E-state index contributed by atoms with van der Waals surface area (Å²) in [6.07, 6.45) is 2.59. The molecular weight excluding hydrogens is 460 g/mol. The van der Waals surface area contributed by atoms with Crippen molar-refractivity contribution in [3.8, 4) is 0 Å². The van der Waals surface area contributed by atoms with E-state index in [1.54, 1.807) is 0 Å². The molecule has 1 saturated carbocycles. The molecule has 1 heterocycles. The van der Waals surface area contributed by atoms with Gasteiger partial charge in [0.1, 0.15) is 12.6 Å². The van der Waals surface area contributed by atoms with Gasteiger partial charge < -0.3 is 4.74 Å². The zero-order valence-corrected chi connectivity index (χ0v) is 19.3. The molecule has 3 atom stereocenters. The fourth-order valence-corrected chi connectivity index (χ4v) is 5.14. The van der Waals surface area contributed by atoms with Crippen molar-refractivity contribution in [2.24, 2.45) is 17.8 Å². The van der Waals surface area contributed by atoms with E-state index in [0.717, 1.165) is 24.2 Å². The Kier molecular flexibility index (Phi) is 6.74. The second kappa shape index (κ2) is 8.62. The van der Waals surface area contributed by atoms with Crippen LogP contribution in [-0.4, -0.2) is 35.3 Å². The number of carbonyl (C=O) groups excluding carboxylic acids is 3. The summed E-state index contributed by atoms with van der Waals surface area (Å²) in [4.78, 5) is 38.9. The van der Waals surface area contributed by atoms with Crippen molar-refractivity contribution in [2.75, 3.05) is 6.54 Å². The SMILES string of the molecule is CC1CCC(C(C)C)C(OC(=O)CN2C(=O)c3c(Cl)c(Cl)c(Cl)c(Cl)c3C2=O)C1. The van der Waals surface area contributed by atoms with E-state index in [9.17, 15) is 14.4 Å². The summed E-state index contributed by atoms with van der Waals surface area (Å²) in [7, 11) is 0. The predicted octanol–water partition coefficient (Wildman–Crippen LogP) is 5.90. The summed E-state index contributed by atoms with van der Waals surface area (Å²) in [5.41, 5.74) is -0.287. The Morgan fingerprint density at radius 3 is 2.00 bits per heavy atom. The minimum atomic E-state index is -0.746. The average Bonchev–Trinajstić information content (AvgIpc) is 2.89. The smallest absolute Gasteiger partial charge is 0.326 e. The zero-order chi connectivity index (χ0) is 21.6.